The largest absolute Gasteiger partial charge is 0.411 e. The van der Waals surface area contributed by atoms with Crippen LogP contribution in [-0.4, -0.2) is 33.5 Å². The van der Waals surface area contributed by atoms with E-state index in [-0.39, 0.29) is 11.3 Å². The van der Waals surface area contributed by atoms with Gasteiger partial charge in [-0.2, -0.15) is 18.3 Å². The fraction of sp³-hybridized carbons (Fsp3) is 0.261. The fourth-order valence-corrected chi connectivity index (χ4v) is 3.19. The maximum atomic E-state index is 14.3. The second kappa shape index (κ2) is 9.53. The van der Waals surface area contributed by atoms with Crippen molar-refractivity contribution in [2.75, 3.05) is 11.9 Å². The summed E-state index contributed by atoms with van der Waals surface area (Å²) in [6.07, 6.45) is 7.59. The van der Waals surface area contributed by atoms with Crippen molar-refractivity contribution in [3.63, 3.8) is 0 Å². The molecule has 172 valence electrons. The van der Waals surface area contributed by atoms with Gasteiger partial charge in [-0.25, -0.2) is 4.39 Å². The number of alkyl halides is 3. The van der Waals surface area contributed by atoms with Crippen LogP contribution in [0.25, 0.3) is 17.2 Å². The summed E-state index contributed by atoms with van der Waals surface area (Å²) in [6, 6.07) is 5.95. The standard InChI is InChI=1S/C23H20F4N4O2/c24-20-9-15(13-33-14-23(25,26)27)1-5-21(20)30-22(32)6-2-16-10-28-8-7-19(16)17-11-29-31(12-17)18-3-4-18/h1-2,5-12,18H,3-4,13-14H2,(H,30,32). The van der Waals surface area contributed by atoms with Gasteiger partial charge in [-0.3, -0.25) is 14.5 Å². The number of carbonyl (C=O) groups excluding carboxylic acids is 1. The Morgan fingerprint density at radius 2 is 2.06 bits per heavy atom. The maximum Gasteiger partial charge on any atom is 0.411 e. The number of amides is 1. The topological polar surface area (TPSA) is 69.0 Å². The quantitative estimate of drug-likeness (QED) is 0.373. The molecule has 10 heteroatoms. The first-order valence-electron chi connectivity index (χ1n) is 10.2. The van der Waals surface area contributed by atoms with E-state index >= 15 is 0 Å². The van der Waals surface area contributed by atoms with Crippen molar-refractivity contribution in [3.05, 3.63) is 72.1 Å². The molecule has 33 heavy (non-hydrogen) atoms. The molecule has 0 saturated heterocycles. The minimum atomic E-state index is -4.45. The van der Waals surface area contributed by atoms with Gasteiger partial charge in [0.2, 0.25) is 5.91 Å². The van der Waals surface area contributed by atoms with E-state index < -0.39 is 31.1 Å². The number of nitrogens with zero attached hydrogens (tertiary/aromatic N) is 3. The van der Waals surface area contributed by atoms with Gasteiger partial charge in [0.25, 0.3) is 0 Å². The highest BCUT2D eigenvalue weighted by atomic mass is 19.4. The minimum Gasteiger partial charge on any atom is -0.367 e. The highest BCUT2D eigenvalue weighted by molar-refractivity contribution is 6.02. The molecular formula is C23H20F4N4O2. The summed E-state index contributed by atoms with van der Waals surface area (Å²) in [7, 11) is 0. The van der Waals surface area contributed by atoms with Gasteiger partial charge in [0.1, 0.15) is 12.4 Å². The predicted molar refractivity (Wildman–Crippen MR) is 114 cm³/mol. The van der Waals surface area contributed by atoms with E-state index in [9.17, 15) is 22.4 Å². The number of rotatable bonds is 8. The molecule has 3 aromatic rings. The Kier molecular flexibility index (Phi) is 6.55. The van der Waals surface area contributed by atoms with Crippen molar-refractivity contribution < 1.29 is 27.1 Å². The summed E-state index contributed by atoms with van der Waals surface area (Å²) < 4.78 is 57.1. The SMILES string of the molecule is O=C(C=Cc1cnccc1-c1cnn(C2CC2)c1)Nc1ccc(COCC(F)(F)F)cc1F. The Bertz CT molecular complexity index is 1170. The molecule has 0 unspecified atom stereocenters. The zero-order valence-corrected chi connectivity index (χ0v) is 17.3. The second-order valence-corrected chi connectivity index (χ2v) is 7.65. The number of nitrogens with one attached hydrogen (secondary N) is 1. The van der Waals surface area contributed by atoms with Crippen LogP contribution in [0.5, 0.6) is 0 Å². The number of carbonyl (C=O) groups is 1. The molecule has 1 aliphatic carbocycles. The van der Waals surface area contributed by atoms with E-state index in [1.807, 2.05) is 16.9 Å². The van der Waals surface area contributed by atoms with Gasteiger partial charge in [-0.05, 0) is 48.2 Å². The van der Waals surface area contributed by atoms with Crippen LogP contribution in [-0.2, 0) is 16.1 Å². The first kappa shape index (κ1) is 22.7. The van der Waals surface area contributed by atoms with E-state index in [0.717, 1.165) is 30.0 Å². The Labute approximate surface area is 186 Å². The summed E-state index contributed by atoms with van der Waals surface area (Å²) in [4.78, 5) is 16.4. The van der Waals surface area contributed by atoms with Gasteiger partial charge < -0.3 is 10.1 Å². The van der Waals surface area contributed by atoms with Crippen LogP contribution in [0, 0.1) is 5.82 Å². The number of halogens is 4. The molecule has 1 aliphatic rings. The fourth-order valence-electron chi connectivity index (χ4n) is 3.19. The molecule has 1 aromatic carbocycles. The molecule has 1 saturated carbocycles. The molecule has 6 nitrogen and oxygen atoms in total. The Morgan fingerprint density at radius 3 is 2.79 bits per heavy atom. The molecule has 0 bridgehead atoms. The Hall–Kier alpha value is -3.53. The monoisotopic (exact) mass is 460 g/mol. The molecule has 0 spiro atoms. The van der Waals surface area contributed by atoms with E-state index in [0.29, 0.717) is 11.6 Å². The summed E-state index contributed by atoms with van der Waals surface area (Å²) in [6.45, 7) is -1.82. The number of ether oxygens (including phenoxy) is 1. The Balaban J connectivity index is 1.39. The second-order valence-electron chi connectivity index (χ2n) is 7.65. The van der Waals surface area contributed by atoms with Crippen LogP contribution < -0.4 is 5.32 Å². The number of hydrogen-bond donors (Lipinski definition) is 1. The molecule has 1 amide bonds. The van der Waals surface area contributed by atoms with Crippen LogP contribution in [0.2, 0.25) is 0 Å². The molecule has 0 aliphatic heterocycles. The van der Waals surface area contributed by atoms with Crippen molar-refractivity contribution in [2.24, 2.45) is 0 Å². The molecule has 4 rings (SSSR count). The normalized spacial score (nSPS) is 14.1. The number of anilines is 1. The van der Waals surface area contributed by atoms with Crippen molar-refractivity contribution >= 4 is 17.7 Å². The Morgan fingerprint density at radius 1 is 1.24 bits per heavy atom. The average Bonchev–Trinajstić information content (AvgIpc) is 3.50. The minimum absolute atomic E-state index is 0.0960. The summed E-state index contributed by atoms with van der Waals surface area (Å²) in [5.74, 6) is -1.35. The number of hydrogen-bond acceptors (Lipinski definition) is 4. The summed E-state index contributed by atoms with van der Waals surface area (Å²) in [5, 5.41) is 6.80. The van der Waals surface area contributed by atoms with Gasteiger partial charge in [-0.15, -0.1) is 0 Å². The predicted octanol–water partition coefficient (Wildman–Crippen LogP) is 5.15. The molecule has 0 atom stereocenters. The first-order valence-corrected chi connectivity index (χ1v) is 10.2. The van der Waals surface area contributed by atoms with E-state index in [1.54, 1.807) is 24.7 Å². The van der Waals surface area contributed by atoms with Crippen LogP contribution in [0.3, 0.4) is 0 Å². The lowest BCUT2D eigenvalue weighted by atomic mass is 10.0. The van der Waals surface area contributed by atoms with Crippen molar-refractivity contribution in [3.8, 4) is 11.1 Å². The molecular weight excluding hydrogens is 440 g/mol. The van der Waals surface area contributed by atoms with Crippen LogP contribution in [0.1, 0.15) is 30.0 Å². The van der Waals surface area contributed by atoms with Crippen LogP contribution in [0.15, 0.2) is 55.1 Å². The number of pyridine rings is 1. The molecule has 1 fully saturated rings. The summed E-state index contributed by atoms with van der Waals surface area (Å²) >= 11 is 0. The lowest BCUT2D eigenvalue weighted by Gasteiger charge is -2.09. The highest BCUT2D eigenvalue weighted by Gasteiger charge is 2.27. The van der Waals surface area contributed by atoms with Gasteiger partial charge in [0, 0.05) is 35.8 Å². The number of benzene rings is 1. The molecule has 2 heterocycles. The van der Waals surface area contributed by atoms with Gasteiger partial charge >= 0.3 is 6.18 Å². The zero-order chi connectivity index (χ0) is 23.4. The maximum absolute atomic E-state index is 14.3. The first-order chi connectivity index (χ1) is 15.8. The molecule has 2 aromatic heterocycles. The van der Waals surface area contributed by atoms with Crippen molar-refractivity contribution in [1.29, 1.82) is 0 Å². The lowest BCUT2D eigenvalue weighted by molar-refractivity contribution is -0.176. The van der Waals surface area contributed by atoms with Crippen LogP contribution in [0.4, 0.5) is 23.2 Å². The van der Waals surface area contributed by atoms with Gasteiger partial charge in [0.15, 0.2) is 0 Å². The van der Waals surface area contributed by atoms with E-state index in [1.165, 1.54) is 18.2 Å². The number of aromatic nitrogens is 3. The van der Waals surface area contributed by atoms with Crippen LogP contribution >= 0.6 is 0 Å². The van der Waals surface area contributed by atoms with Gasteiger partial charge in [0.05, 0.1) is 24.5 Å². The third-order valence-electron chi connectivity index (χ3n) is 4.93. The highest BCUT2D eigenvalue weighted by Crippen LogP contribution is 2.35. The smallest absolute Gasteiger partial charge is 0.367 e. The lowest BCUT2D eigenvalue weighted by Crippen LogP contribution is -2.16. The zero-order valence-electron chi connectivity index (χ0n) is 17.3. The third kappa shape index (κ3) is 6.26. The van der Waals surface area contributed by atoms with Crippen molar-refractivity contribution in [1.82, 2.24) is 14.8 Å². The van der Waals surface area contributed by atoms with Crippen molar-refractivity contribution in [2.45, 2.75) is 31.7 Å². The van der Waals surface area contributed by atoms with E-state index in [2.05, 4.69) is 20.1 Å². The third-order valence-corrected chi connectivity index (χ3v) is 4.93. The molecule has 0 radical (unpaired) electrons. The van der Waals surface area contributed by atoms with E-state index in [4.69, 9.17) is 0 Å². The average molecular weight is 460 g/mol. The molecule has 1 N–H and O–H groups in total. The summed E-state index contributed by atoms with van der Waals surface area (Å²) in [5.41, 5.74) is 2.58. The van der Waals surface area contributed by atoms with Gasteiger partial charge in [-0.1, -0.05) is 6.07 Å².